The molecule has 2 rings (SSSR count). The molecule has 0 N–H and O–H groups in total. The van der Waals surface area contributed by atoms with Gasteiger partial charge in [-0.1, -0.05) is 0 Å². The molecule has 0 unspecified atom stereocenters. The van der Waals surface area contributed by atoms with Gasteiger partial charge in [0.2, 0.25) is 0 Å². The second-order valence-electron chi connectivity index (χ2n) is 4.64. The Morgan fingerprint density at radius 2 is 1.10 bits per heavy atom. The zero-order valence-corrected chi connectivity index (χ0v) is 12.4. The summed E-state index contributed by atoms with van der Waals surface area (Å²) in [4.78, 5) is 6.29. The van der Waals surface area contributed by atoms with Gasteiger partial charge in [-0.3, -0.25) is 4.98 Å². The maximum absolute atomic E-state index is 5.60. The molecule has 118 valence electrons. The fourth-order valence-corrected chi connectivity index (χ4v) is 2.04. The van der Waals surface area contributed by atoms with E-state index in [0.29, 0.717) is 52.9 Å². The van der Waals surface area contributed by atoms with Crippen molar-refractivity contribution in [2.24, 2.45) is 0 Å². The molecule has 1 aliphatic heterocycles. The van der Waals surface area contributed by atoms with Crippen LogP contribution in [0.3, 0.4) is 0 Å². The molecule has 0 radical (unpaired) electrons. The standard InChI is InChI=1S/C15H24N2O4/c1-3-16-4-2-15(1)17-5-7-18-9-11-20-13-14-21-12-10-19-8-6-17/h1-4H,5-14H2. The van der Waals surface area contributed by atoms with Gasteiger partial charge in [-0.15, -0.1) is 0 Å². The number of pyridine rings is 1. The van der Waals surface area contributed by atoms with Crippen LogP contribution in [0.15, 0.2) is 24.5 Å². The van der Waals surface area contributed by atoms with Crippen LogP contribution in [-0.4, -0.2) is 70.9 Å². The molecule has 0 saturated carbocycles. The van der Waals surface area contributed by atoms with Crippen molar-refractivity contribution >= 4 is 5.69 Å². The van der Waals surface area contributed by atoms with Gasteiger partial charge < -0.3 is 23.8 Å². The van der Waals surface area contributed by atoms with E-state index in [4.69, 9.17) is 18.9 Å². The Morgan fingerprint density at radius 1 is 0.667 bits per heavy atom. The van der Waals surface area contributed by atoms with Crippen LogP contribution in [0.5, 0.6) is 0 Å². The molecule has 0 spiro atoms. The van der Waals surface area contributed by atoms with Crippen molar-refractivity contribution in [1.82, 2.24) is 4.98 Å². The van der Waals surface area contributed by atoms with Crippen LogP contribution in [0.1, 0.15) is 0 Å². The van der Waals surface area contributed by atoms with E-state index in [9.17, 15) is 0 Å². The van der Waals surface area contributed by atoms with Crippen molar-refractivity contribution in [3.63, 3.8) is 0 Å². The zero-order chi connectivity index (χ0) is 14.6. The van der Waals surface area contributed by atoms with Crippen molar-refractivity contribution in [3.05, 3.63) is 24.5 Å². The highest BCUT2D eigenvalue weighted by atomic mass is 16.6. The molecule has 6 heteroatoms. The lowest BCUT2D eigenvalue weighted by Crippen LogP contribution is -2.31. The summed E-state index contributed by atoms with van der Waals surface area (Å²) in [5.74, 6) is 0. The van der Waals surface area contributed by atoms with Crippen LogP contribution >= 0.6 is 0 Å². The first-order valence-corrected chi connectivity index (χ1v) is 7.43. The molecular formula is C15H24N2O4. The molecular weight excluding hydrogens is 272 g/mol. The van der Waals surface area contributed by atoms with Gasteiger partial charge in [0.05, 0.1) is 52.9 Å². The number of hydrogen-bond donors (Lipinski definition) is 0. The predicted molar refractivity (Wildman–Crippen MR) is 79.7 cm³/mol. The van der Waals surface area contributed by atoms with Crippen molar-refractivity contribution in [3.8, 4) is 0 Å². The summed E-state index contributed by atoms with van der Waals surface area (Å²) in [7, 11) is 0. The normalized spacial score (nSPS) is 20.5. The molecule has 0 aliphatic carbocycles. The number of aromatic nitrogens is 1. The topological polar surface area (TPSA) is 53.1 Å². The smallest absolute Gasteiger partial charge is 0.0701 e. The molecule has 1 aromatic heterocycles. The Labute approximate surface area is 126 Å². The summed E-state index contributed by atoms with van der Waals surface area (Å²) < 4.78 is 22.0. The van der Waals surface area contributed by atoms with E-state index in [2.05, 4.69) is 9.88 Å². The lowest BCUT2D eigenvalue weighted by atomic mass is 10.3. The second kappa shape index (κ2) is 10.5. The molecule has 6 nitrogen and oxygen atoms in total. The number of anilines is 1. The second-order valence-corrected chi connectivity index (χ2v) is 4.64. The van der Waals surface area contributed by atoms with Gasteiger partial charge in [0.15, 0.2) is 0 Å². The number of rotatable bonds is 1. The van der Waals surface area contributed by atoms with Gasteiger partial charge in [0.1, 0.15) is 0 Å². The molecule has 1 aliphatic rings. The summed E-state index contributed by atoms with van der Waals surface area (Å²) in [6, 6.07) is 4.00. The largest absolute Gasteiger partial charge is 0.377 e. The maximum Gasteiger partial charge on any atom is 0.0701 e. The molecule has 1 fully saturated rings. The predicted octanol–water partition coefficient (Wildman–Crippen LogP) is 0.968. The molecule has 0 bridgehead atoms. The van der Waals surface area contributed by atoms with Gasteiger partial charge in [-0.05, 0) is 12.1 Å². The quantitative estimate of drug-likeness (QED) is 0.770. The molecule has 2 heterocycles. The molecule has 21 heavy (non-hydrogen) atoms. The minimum atomic E-state index is 0.604. The Hall–Kier alpha value is -1.21. The van der Waals surface area contributed by atoms with E-state index >= 15 is 0 Å². The van der Waals surface area contributed by atoms with Crippen molar-refractivity contribution in [2.75, 3.05) is 70.8 Å². The summed E-state index contributed by atoms with van der Waals surface area (Å²) in [6.45, 7) is 6.63. The van der Waals surface area contributed by atoms with Crippen LogP contribution in [0.25, 0.3) is 0 Å². The summed E-state index contributed by atoms with van der Waals surface area (Å²) in [6.07, 6.45) is 3.60. The SMILES string of the molecule is c1cc(N2CCOCCOCCOCCOCC2)ccn1. The van der Waals surface area contributed by atoms with Crippen LogP contribution in [-0.2, 0) is 18.9 Å². The molecule has 1 saturated heterocycles. The monoisotopic (exact) mass is 296 g/mol. The fraction of sp³-hybridized carbons (Fsp3) is 0.667. The van der Waals surface area contributed by atoms with E-state index in [1.165, 1.54) is 0 Å². The number of hydrogen-bond acceptors (Lipinski definition) is 6. The summed E-state index contributed by atoms with van der Waals surface area (Å²) in [5.41, 5.74) is 1.13. The molecule has 1 aromatic rings. The number of nitrogens with zero attached hydrogens (tertiary/aromatic N) is 2. The Bertz CT molecular complexity index is 348. The van der Waals surface area contributed by atoms with Gasteiger partial charge in [0.25, 0.3) is 0 Å². The van der Waals surface area contributed by atoms with Crippen LogP contribution < -0.4 is 4.90 Å². The fourth-order valence-electron chi connectivity index (χ4n) is 2.04. The third kappa shape index (κ3) is 6.86. The highest BCUT2D eigenvalue weighted by molar-refractivity contribution is 5.44. The van der Waals surface area contributed by atoms with Gasteiger partial charge >= 0.3 is 0 Å². The van der Waals surface area contributed by atoms with Gasteiger partial charge in [-0.25, -0.2) is 0 Å². The van der Waals surface area contributed by atoms with Gasteiger partial charge in [0, 0.05) is 31.2 Å². The van der Waals surface area contributed by atoms with E-state index in [-0.39, 0.29) is 0 Å². The van der Waals surface area contributed by atoms with Crippen LogP contribution in [0, 0.1) is 0 Å². The Morgan fingerprint density at radius 3 is 1.57 bits per heavy atom. The third-order valence-electron chi connectivity index (χ3n) is 3.15. The Kier molecular flexibility index (Phi) is 8.09. The molecule has 0 atom stereocenters. The van der Waals surface area contributed by atoms with Crippen molar-refractivity contribution in [1.29, 1.82) is 0 Å². The van der Waals surface area contributed by atoms with E-state index in [0.717, 1.165) is 18.8 Å². The van der Waals surface area contributed by atoms with Crippen molar-refractivity contribution < 1.29 is 18.9 Å². The average molecular weight is 296 g/mol. The first kappa shape index (κ1) is 16.2. The summed E-state index contributed by atoms with van der Waals surface area (Å²) in [5, 5.41) is 0. The maximum atomic E-state index is 5.60. The van der Waals surface area contributed by atoms with Gasteiger partial charge in [-0.2, -0.15) is 0 Å². The lowest BCUT2D eigenvalue weighted by Gasteiger charge is -2.24. The highest BCUT2D eigenvalue weighted by Crippen LogP contribution is 2.11. The first-order valence-electron chi connectivity index (χ1n) is 7.43. The van der Waals surface area contributed by atoms with E-state index in [1.54, 1.807) is 12.4 Å². The minimum Gasteiger partial charge on any atom is -0.377 e. The highest BCUT2D eigenvalue weighted by Gasteiger charge is 2.06. The zero-order valence-electron chi connectivity index (χ0n) is 12.4. The third-order valence-corrected chi connectivity index (χ3v) is 3.15. The molecule has 0 amide bonds. The first-order chi connectivity index (χ1) is 10.5. The summed E-state index contributed by atoms with van der Waals surface area (Å²) >= 11 is 0. The Balaban J connectivity index is 1.83. The van der Waals surface area contributed by atoms with Crippen molar-refractivity contribution in [2.45, 2.75) is 0 Å². The van der Waals surface area contributed by atoms with Crippen LogP contribution in [0.4, 0.5) is 5.69 Å². The lowest BCUT2D eigenvalue weighted by molar-refractivity contribution is 0.00206. The molecule has 0 aromatic carbocycles. The number of ether oxygens (including phenoxy) is 4. The van der Waals surface area contributed by atoms with E-state index < -0.39 is 0 Å². The minimum absolute atomic E-state index is 0.604. The van der Waals surface area contributed by atoms with Crippen LogP contribution in [0.2, 0.25) is 0 Å². The van der Waals surface area contributed by atoms with E-state index in [1.807, 2.05) is 12.1 Å². The average Bonchev–Trinajstić information content (AvgIpc) is 2.54.